The minimum absolute atomic E-state index is 0.0482. The molecule has 0 amide bonds. The molecule has 192 valence electrons. The van der Waals surface area contributed by atoms with E-state index in [1.165, 1.54) is 13.2 Å². The summed E-state index contributed by atoms with van der Waals surface area (Å²) in [5, 5.41) is 9.09. The maximum absolute atomic E-state index is 13.7. The monoisotopic (exact) mass is 583 g/mol. The van der Waals surface area contributed by atoms with E-state index >= 15 is 0 Å². The maximum Gasteiger partial charge on any atom is 0.426 e. The van der Waals surface area contributed by atoms with Gasteiger partial charge in [-0.05, 0) is 65.1 Å². The molecule has 0 radical (unpaired) electrons. The number of ether oxygens (including phenoxy) is 2. The van der Waals surface area contributed by atoms with Crippen LogP contribution in [0.5, 0.6) is 11.5 Å². The van der Waals surface area contributed by atoms with E-state index in [-0.39, 0.29) is 24.1 Å². The minimum atomic E-state index is -4.47. The summed E-state index contributed by atoms with van der Waals surface area (Å²) in [7, 11) is 3.46. The van der Waals surface area contributed by atoms with Crippen molar-refractivity contribution in [2.45, 2.75) is 38.2 Å². The molecule has 3 aromatic rings. The Labute approximate surface area is 219 Å². The second-order valence-electron chi connectivity index (χ2n) is 8.79. The number of alkyl halides is 3. The van der Waals surface area contributed by atoms with Gasteiger partial charge in [0.15, 0.2) is 11.5 Å². The molecule has 0 aliphatic heterocycles. The van der Waals surface area contributed by atoms with E-state index in [1.54, 1.807) is 30.3 Å². The summed E-state index contributed by atoms with van der Waals surface area (Å²) in [6, 6.07) is 13.9. The minimum Gasteiger partial charge on any atom is -0.493 e. The molecule has 0 atom stereocenters. The van der Waals surface area contributed by atoms with Crippen LogP contribution in [-0.2, 0) is 24.1 Å². The average molecular weight is 584 g/mol. The normalized spacial score (nSPS) is 17.6. The lowest BCUT2D eigenvalue weighted by atomic mass is 9.79. The number of rotatable bonds is 9. The first-order chi connectivity index (χ1) is 17.1. The second kappa shape index (κ2) is 10.8. The van der Waals surface area contributed by atoms with Crippen LogP contribution in [0, 0.1) is 5.92 Å². The van der Waals surface area contributed by atoms with Crippen molar-refractivity contribution in [3.05, 3.63) is 68.3 Å². The standard InChI is InChI=1S/C26H25BrF3NO4S/c1-31(18-10-17(11-18)25(32)33)13-15-8-21(27)23(22(9-15)34-2)35-14-19-12-20(16-6-4-3-5-7-16)24(36-19)26(28,29)30/h3-9,12,17-18H,10-11,13-14H2,1-2H3,(H,32,33). The average Bonchev–Trinajstić information content (AvgIpc) is 3.22. The van der Waals surface area contributed by atoms with Crippen LogP contribution in [0.2, 0.25) is 0 Å². The number of carboxylic acid groups (broad SMARTS) is 1. The van der Waals surface area contributed by atoms with Gasteiger partial charge in [0.2, 0.25) is 0 Å². The van der Waals surface area contributed by atoms with Gasteiger partial charge in [-0.25, -0.2) is 0 Å². The molecule has 0 saturated heterocycles. The number of nitrogens with zero attached hydrogens (tertiary/aromatic N) is 1. The number of halogens is 4. The highest BCUT2D eigenvalue weighted by Gasteiger charge is 2.37. The van der Waals surface area contributed by atoms with Crippen LogP contribution in [0.1, 0.15) is 28.2 Å². The van der Waals surface area contributed by atoms with Gasteiger partial charge in [-0.3, -0.25) is 9.69 Å². The van der Waals surface area contributed by atoms with E-state index in [9.17, 15) is 18.0 Å². The number of carbonyl (C=O) groups is 1. The fourth-order valence-corrected chi connectivity index (χ4v) is 5.83. The van der Waals surface area contributed by atoms with Gasteiger partial charge in [-0.2, -0.15) is 13.2 Å². The molecule has 1 saturated carbocycles. The van der Waals surface area contributed by atoms with Crippen LogP contribution in [0.15, 0.2) is 53.0 Å². The van der Waals surface area contributed by atoms with Crippen LogP contribution in [-0.4, -0.2) is 36.2 Å². The van der Waals surface area contributed by atoms with E-state index < -0.39 is 17.0 Å². The molecule has 10 heteroatoms. The van der Waals surface area contributed by atoms with Crippen molar-refractivity contribution >= 4 is 33.2 Å². The fourth-order valence-electron chi connectivity index (χ4n) is 4.27. The third-order valence-corrected chi connectivity index (χ3v) is 8.03. The molecular weight excluding hydrogens is 559 g/mol. The maximum atomic E-state index is 13.7. The molecule has 1 aliphatic carbocycles. The molecule has 1 fully saturated rings. The van der Waals surface area contributed by atoms with E-state index in [4.69, 9.17) is 14.6 Å². The molecule has 1 heterocycles. The SMILES string of the molecule is COc1cc(CN(C)C2CC(C(=O)O)C2)cc(Br)c1OCc1cc(-c2ccccc2)c(C(F)(F)F)s1. The Morgan fingerprint density at radius 2 is 1.89 bits per heavy atom. The van der Waals surface area contributed by atoms with Crippen LogP contribution >= 0.6 is 27.3 Å². The fraction of sp³-hybridized carbons (Fsp3) is 0.346. The van der Waals surface area contributed by atoms with Crippen molar-refractivity contribution < 1.29 is 32.5 Å². The highest BCUT2D eigenvalue weighted by Crippen LogP contribution is 2.44. The van der Waals surface area contributed by atoms with Gasteiger partial charge in [0.25, 0.3) is 0 Å². The van der Waals surface area contributed by atoms with Crippen LogP contribution in [0.3, 0.4) is 0 Å². The Morgan fingerprint density at radius 1 is 1.19 bits per heavy atom. The first-order valence-electron chi connectivity index (χ1n) is 11.2. The third kappa shape index (κ3) is 5.87. The molecule has 4 rings (SSSR count). The molecule has 5 nitrogen and oxygen atoms in total. The lowest BCUT2D eigenvalue weighted by Crippen LogP contribution is -2.44. The van der Waals surface area contributed by atoms with Crippen molar-refractivity contribution in [2.24, 2.45) is 5.92 Å². The van der Waals surface area contributed by atoms with E-state index in [1.807, 2.05) is 19.2 Å². The second-order valence-corrected chi connectivity index (χ2v) is 10.8. The molecule has 0 unspecified atom stereocenters. The first-order valence-corrected chi connectivity index (χ1v) is 12.8. The summed E-state index contributed by atoms with van der Waals surface area (Å²) in [6.07, 6.45) is -3.22. The topological polar surface area (TPSA) is 59.0 Å². The predicted octanol–water partition coefficient (Wildman–Crippen LogP) is 7.08. The Kier molecular flexibility index (Phi) is 7.96. The van der Waals surface area contributed by atoms with Crippen LogP contribution < -0.4 is 9.47 Å². The molecule has 1 aromatic heterocycles. The van der Waals surface area contributed by atoms with Crippen LogP contribution in [0.25, 0.3) is 11.1 Å². The van der Waals surface area contributed by atoms with Crippen molar-refractivity contribution in [2.75, 3.05) is 14.2 Å². The van der Waals surface area contributed by atoms with Gasteiger partial charge in [0.05, 0.1) is 17.5 Å². The highest BCUT2D eigenvalue weighted by atomic mass is 79.9. The number of benzene rings is 2. The van der Waals surface area contributed by atoms with Gasteiger partial charge in [0.1, 0.15) is 11.5 Å². The summed E-state index contributed by atoms with van der Waals surface area (Å²) in [5.74, 6) is -0.177. The zero-order valence-electron chi connectivity index (χ0n) is 19.6. The number of hydrogen-bond donors (Lipinski definition) is 1. The Hall–Kier alpha value is -2.56. The van der Waals surface area contributed by atoms with Crippen LogP contribution in [0.4, 0.5) is 13.2 Å². The van der Waals surface area contributed by atoms with Crippen molar-refractivity contribution in [1.29, 1.82) is 0 Å². The summed E-state index contributed by atoms with van der Waals surface area (Å²) in [5.41, 5.74) is 1.58. The zero-order chi connectivity index (χ0) is 26.0. The Morgan fingerprint density at radius 3 is 2.50 bits per heavy atom. The van der Waals surface area contributed by atoms with Gasteiger partial charge in [-0.1, -0.05) is 30.3 Å². The summed E-state index contributed by atoms with van der Waals surface area (Å²) in [4.78, 5) is 13.0. The predicted molar refractivity (Wildman–Crippen MR) is 135 cm³/mol. The Balaban J connectivity index is 1.49. The number of carboxylic acids is 1. The van der Waals surface area contributed by atoms with E-state index in [0.29, 0.717) is 57.1 Å². The Bertz CT molecular complexity index is 1230. The van der Waals surface area contributed by atoms with Gasteiger partial charge in [0, 0.05) is 23.0 Å². The molecule has 1 aliphatic rings. The van der Waals surface area contributed by atoms with Crippen molar-refractivity contribution in [3.63, 3.8) is 0 Å². The summed E-state index contributed by atoms with van der Waals surface area (Å²) >= 11 is 4.18. The number of thiophene rings is 1. The lowest BCUT2D eigenvalue weighted by molar-refractivity contribution is -0.146. The largest absolute Gasteiger partial charge is 0.493 e. The van der Waals surface area contributed by atoms with Gasteiger partial charge >= 0.3 is 12.1 Å². The molecule has 1 N–H and O–H groups in total. The van der Waals surface area contributed by atoms with Crippen molar-refractivity contribution in [1.82, 2.24) is 4.90 Å². The smallest absolute Gasteiger partial charge is 0.426 e. The zero-order valence-corrected chi connectivity index (χ0v) is 22.0. The lowest BCUT2D eigenvalue weighted by Gasteiger charge is -2.39. The van der Waals surface area contributed by atoms with E-state index in [0.717, 1.165) is 5.56 Å². The first kappa shape index (κ1) is 26.5. The van der Waals surface area contributed by atoms with Gasteiger partial charge in [-0.15, -0.1) is 11.3 Å². The van der Waals surface area contributed by atoms with Crippen molar-refractivity contribution in [3.8, 4) is 22.6 Å². The van der Waals surface area contributed by atoms with Gasteiger partial charge < -0.3 is 14.6 Å². The highest BCUT2D eigenvalue weighted by molar-refractivity contribution is 9.10. The molecule has 2 aromatic carbocycles. The summed E-state index contributed by atoms with van der Waals surface area (Å²) in [6.45, 7) is 0.542. The molecule has 36 heavy (non-hydrogen) atoms. The molecular formula is C26H25BrF3NO4S. The molecule has 0 spiro atoms. The quantitative estimate of drug-likeness (QED) is 0.292. The number of aliphatic carboxylic acids is 1. The summed E-state index contributed by atoms with van der Waals surface area (Å²) < 4.78 is 53.2. The van der Waals surface area contributed by atoms with E-state index in [2.05, 4.69) is 20.8 Å². The number of methoxy groups -OCH3 is 1. The molecule has 0 bridgehead atoms. The third-order valence-electron chi connectivity index (χ3n) is 6.29. The number of hydrogen-bond acceptors (Lipinski definition) is 5.